The Hall–Kier alpha value is -2.56. The van der Waals surface area contributed by atoms with Gasteiger partial charge >= 0.3 is 6.03 Å². The molecule has 0 bridgehead atoms. The standard InChI is InChI=1S/C21H27N5OS/c1-4-28-20-13-19(9-10-23-20)15-24-21(27)26(12-11-25(2)3)16-18-7-5-17(14-22)6-8-18/h5-10,13H,4,11-12,15-16H2,1-3H3,(H,24,27). The first-order valence-electron chi connectivity index (χ1n) is 9.26. The average Bonchev–Trinajstić information content (AvgIpc) is 2.70. The normalized spacial score (nSPS) is 10.5. The third-order valence-corrected chi connectivity index (χ3v) is 4.90. The Kier molecular flexibility index (Phi) is 8.79. The van der Waals surface area contributed by atoms with E-state index in [4.69, 9.17) is 5.26 Å². The molecule has 0 radical (unpaired) electrons. The highest BCUT2D eigenvalue weighted by atomic mass is 32.2. The van der Waals surface area contributed by atoms with Crippen LogP contribution in [0.3, 0.4) is 0 Å². The monoisotopic (exact) mass is 397 g/mol. The number of thioether (sulfide) groups is 1. The van der Waals surface area contributed by atoms with Gasteiger partial charge in [0.05, 0.1) is 16.7 Å². The number of carbonyl (C=O) groups excluding carboxylic acids is 1. The predicted molar refractivity (Wildman–Crippen MR) is 113 cm³/mol. The fourth-order valence-corrected chi connectivity index (χ4v) is 3.22. The van der Waals surface area contributed by atoms with Gasteiger partial charge in [0.25, 0.3) is 0 Å². The number of urea groups is 1. The van der Waals surface area contributed by atoms with Crippen molar-refractivity contribution >= 4 is 17.8 Å². The van der Waals surface area contributed by atoms with Crippen molar-refractivity contribution in [2.75, 3.05) is 32.9 Å². The lowest BCUT2D eigenvalue weighted by Crippen LogP contribution is -2.42. The Bertz CT molecular complexity index is 801. The molecule has 0 aliphatic heterocycles. The van der Waals surface area contributed by atoms with Gasteiger partial charge in [-0.3, -0.25) is 0 Å². The summed E-state index contributed by atoms with van der Waals surface area (Å²) in [4.78, 5) is 21.0. The minimum Gasteiger partial charge on any atom is -0.334 e. The van der Waals surface area contributed by atoms with Crippen molar-refractivity contribution < 1.29 is 4.79 Å². The third kappa shape index (κ3) is 7.22. The van der Waals surface area contributed by atoms with Crippen LogP contribution in [0.4, 0.5) is 4.79 Å². The maximum atomic E-state index is 12.8. The minimum absolute atomic E-state index is 0.104. The second-order valence-electron chi connectivity index (χ2n) is 6.63. The van der Waals surface area contributed by atoms with Crippen LogP contribution in [0.2, 0.25) is 0 Å². The van der Waals surface area contributed by atoms with Crippen LogP contribution in [0, 0.1) is 11.3 Å². The van der Waals surface area contributed by atoms with Gasteiger partial charge in [0.1, 0.15) is 0 Å². The summed E-state index contributed by atoms with van der Waals surface area (Å²) in [5.74, 6) is 0.964. The highest BCUT2D eigenvalue weighted by Gasteiger charge is 2.14. The SMILES string of the molecule is CCSc1cc(CNC(=O)N(CCN(C)C)Cc2ccc(C#N)cc2)ccn1. The summed E-state index contributed by atoms with van der Waals surface area (Å²) in [5.41, 5.74) is 2.65. The molecule has 0 aliphatic rings. The Morgan fingerprint density at radius 3 is 2.57 bits per heavy atom. The van der Waals surface area contributed by atoms with Gasteiger partial charge in [-0.15, -0.1) is 11.8 Å². The van der Waals surface area contributed by atoms with E-state index in [0.29, 0.717) is 25.2 Å². The number of likely N-dealkylation sites (N-methyl/N-ethyl adjacent to an activating group) is 1. The summed E-state index contributed by atoms with van der Waals surface area (Å²) < 4.78 is 0. The van der Waals surface area contributed by atoms with E-state index >= 15 is 0 Å². The van der Waals surface area contributed by atoms with Gasteiger partial charge in [-0.05, 0) is 55.2 Å². The average molecular weight is 398 g/mol. The number of amides is 2. The first kappa shape index (κ1) is 21.7. The van der Waals surface area contributed by atoms with E-state index in [9.17, 15) is 4.79 Å². The van der Waals surface area contributed by atoms with Crippen molar-refractivity contribution in [3.63, 3.8) is 0 Å². The predicted octanol–water partition coefficient (Wildman–Crippen LogP) is 3.34. The molecule has 0 saturated carbocycles. The molecule has 0 unspecified atom stereocenters. The number of benzene rings is 1. The molecule has 2 aromatic rings. The number of nitriles is 1. The quantitative estimate of drug-likeness (QED) is 0.657. The molecule has 1 N–H and O–H groups in total. The van der Waals surface area contributed by atoms with Gasteiger partial charge in [-0.2, -0.15) is 5.26 Å². The number of nitrogens with one attached hydrogen (secondary N) is 1. The molecule has 7 heteroatoms. The summed E-state index contributed by atoms with van der Waals surface area (Å²) in [5, 5.41) is 12.9. The van der Waals surface area contributed by atoms with Gasteiger partial charge in [0.2, 0.25) is 0 Å². The zero-order chi connectivity index (χ0) is 20.4. The molecule has 2 amide bonds. The lowest BCUT2D eigenvalue weighted by Gasteiger charge is -2.25. The smallest absolute Gasteiger partial charge is 0.318 e. The van der Waals surface area contributed by atoms with Crippen LogP contribution in [-0.2, 0) is 13.1 Å². The maximum Gasteiger partial charge on any atom is 0.318 e. The van der Waals surface area contributed by atoms with Gasteiger partial charge in [0, 0.05) is 32.4 Å². The largest absolute Gasteiger partial charge is 0.334 e. The van der Waals surface area contributed by atoms with E-state index in [1.165, 1.54) is 0 Å². The molecule has 1 aromatic heterocycles. The second-order valence-corrected chi connectivity index (χ2v) is 7.91. The topological polar surface area (TPSA) is 72.3 Å². The van der Waals surface area contributed by atoms with E-state index in [1.54, 1.807) is 35.0 Å². The van der Waals surface area contributed by atoms with Crippen LogP contribution in [0.25, 0.3) is 0 Å². The number of hydrogen-bond donors (Lipinski definition) is 1. The Morgan fingerprint density at radius 1 is 1.18 bits per heavy atom. The maximum absolute atomic E-state index is 12.8. The van der Waals surface area contributed by atoms with E-state index in [0.717, 1.165) is 28.5 Å². The molecule has 0 atom stereocenters. The summed E-state index contributed by atoms with van der Waals surface area (Å²) in [6, 6.07) is 13.3. The zero-order valence-electron chi connectivity index (χ0n) is 16.7. The second kappa shape index (κ2) is 11.3. The van der Waals surface area contributed by atoms with Crippen molar-refractivity contribution in [3.8, 4) is 6.07 Å². The highest BCUT2D eigenvalue weighted by Crippen LogP contribution is 2.15. The van der Waals surface area contributed by atoms with Crippen molar-refractivity contribution in [1.29, 1.82) is 5.26 Å². The third-order valence-electron chi connectivity index (χ3n) is 4.10. The number of pyridine rings is 1. The summed E-state index contributed by atoms with van der Waals surface area (Å²) >= 11 is 1.68. The molecule has 1 heterocycles. The molecule has 0 spiro atoms. The van der Waals surface area contributed by atoms with E-state index in [1.807, 2.05) is 38.4 Å². The lowest BCUT2D eigenvalue weighted by atomic mass is 10.1. The first-order chi connectivity index (χ1) is 13.5. The zero-order valence-corrected chi connectivity index (χ0v) is 17.5. The fourth-order valence-electron chi connectivity index (χ4n) is 2.55. The first-order valence-corrected chi connectivity index (χ1v) is 10.2. The molecule has 0 fully saturated rings. The van der Waals surface area contributed by atoms with Crippen LogP contribution in [0.15, 0.2) is 47.6 Å². The number of carbonyl (C=O) groups is 1. The summed E-state index contributed by atoms with van der Waals surface area (Å²) in [7, 11) is 3.98. The van der Waals surface area contributed by atoms with Gasteiger partial charge < -0.3 is 15.1 Å². The number of hydrogen-bond acceptors (Lipinski definition) is 5. The van der Waals surface area contributed by atoms with Gasteiger partial charge in [-0.1, -0.05) is 19.1 Å². The Balaban J connectivity index is 2.01. The molecular formula is C21H27N5OS. The van der Waals surface area contributed by atoms with Crippen LogP contribution >= 0.6 is 11.8 Å². The van der Waals surface area contributed by atoms with Crippen LogP contribution in [0.5, 0.6) is 0 Å². The minimum atomic E-state index is -0.104. The Labute approximate surface area is 171 Å². The molecule has 148 valence electrons. The lowest BCUT2D eigenvalue weighted by molar-refractivity contribution is 0.188. The van der Waals surface area contributed by atoms with Crippen LogP contribution in [-0.4, -0.2) is 53.8 Å². The summed E-state index contributed by atoms with van der Waals surface area (Å²) in [6.45, 7) is 4.44. The number of nitrogens with zero attached hydrogens (tertiary/aromatic N) is 4. The molecule has 28 heavy (non-hydrogen) atoms. The van der Waals surface area contributed by atoms with E-state index in [2.05, 4.69) is 28.2 Å². The molecule has 1 aromatic carbocycles. The van der Waals surface area contributed by atoms with Gasteiger partial charge in [0.15, 0.2) is 0 Å². The summed E-state index contributed by atoms with van der Waals surface area (Å²) in [6.07, 6.45) is 1.78. The molecule has 6 nitrogen and oxygen atoms in total. The van der Waals surface area contributed by atoms with Crippen LogP contribution in [0.1, 0.15) is 23.6 Å². The molecular weight excluding hydrogens is 370 g/mol. The molecule has 2 rings (SSSR count). The number of rotatable bonds is 9. The molecule has 0 aliphatic carbocycles. The van der Waals surface area contributed by atoms with Crippen molar-refractivity contribution in [1.82, 2.24) is 20.1 Å². The fraction of sp³-hybridized carbons (Fsp3) is 0.381. The molecule has 0 saturated heterocycles. The van der Waals surface area contributed by atoms with Crippen molar-refractivity contribution in [2.24, 2.45) is 0 Å². The van der Waals surface area contributed by atoms with E-state index < -0.39 is 0 Å². The van der Waals surface area contributed by atoms with E-state index in [-0.39, 0.29) is 6.03 Å². The van der Waals surface area contributed by atoms with Crippen LogP contribution < -0.4 is 5.32 Å². The highest BCUT2D eigenvalue weighted by molar-refractivity contribution is 7.99. The van der Waals surface area contributed by atoms with Crippen molar-refractivity contribution in [3.05, 3.63) is 59.3 Å². The number of aromatic nitrogens is 1. The Morgan fingerprint density at radius 2 is 1.93 bits per heavy atom. The van der Waals surface area contributed by atoms with Crippen molar-refractivity contribution in [2.45, 2.75) is 25.0 Å². The van der Waals surface area contributed by atoms with Gasteiger partial charge in [-0.25, -0.2) is 9.78 Å².